The molecule has 0 aliphatic heterocycles. The lowest BCUT2D eigenvalue weighted by Crippen LogP contribution is -2.12. The molecule has 0 aromatic carbocycles. The van der Waals surface area contributed by atoms with Crippen LogP contribution in [0.2, 0.25) is 0 Å². The monoisotopic (exact) mass is 164 g/mol. The first-order valence-electron chi connectivity index (χ1n) is 5.46. The van der Waals surface area contributed by atoms with E-state index < -0.39 is 0 Å². The minimum Gasteiger partial charge on any atom is -0.0848 e. The van der Waals surface area contributed by atoms with Crippen molar-refractivity contribution in [2.45, 2.75) is 46.0 Å². The van der Waals surface area contributed by atoms with Gasteiger partial charge in [-0.15, -0.1) is 0 Å². The average molecular weight is 164 g/mol. The van der Waals surface area contributed by atoms with Crippen LogP contribution >= 0.6 is 0 Å². The Bertz CT molecular complexity index is 184. The van der Waals surface area contributed by atoms with Gasteiger partial charge in [0.2, 0.25) is 0 Å². The van der Waals surface area contributed by atoms with Gasteiger partial charge in [-0.3, -0.25) is 0 Å². The van der Waals surface area contributed by atoms with E-state index in [0.717, 1.165) is 17.8 Å². The van der Waals surface area contributed by atoms with Gasteiger partial charge in [-0.05, 0) is 49.9 Å². The third kappa shape index (κ3) is 1.73. The Hall–Kier alpha value is -0.260. The highest BCUT2D eigenvalue weighted by Crippen LogP contribution is 2.42. The summed E-state index contributed by atoms with van der Waals surface area (Å²) in [6.07, 6.45) is 9.75. The van der Waals surface area contributed by atoms with Gasteiger partial charge in [0.05, 0.1) is 0 Å². The maximum absolute atomic E-state index is 2.55. The fourth-order valence-electron chi connectivity index (χ4n) is 2.31. The van der Waals surface area contributed by atoms with Crippen LogP contribution in [-0.2, 0) is 0 Å². The molecule has 0 aromatic rings. The van der Waals surface area contributed by atoms with Crippen LogP contribution in [0.1, 0.15) is 46.0 Å². The zero-order valence-electron chi connectivity index (χ0n) is 8.34. The van der Waals surface area contributed by atoms with Gasteiger partial charge >= 0.3 is 0 Å². The van der Waals surface area contributed by atoms with Crippen LogP contribution in [0.4, 0.5) is 0 Å². The van der Waals surface area contributed by atoms with Crippen LogP contribution < -0.4 is 0 Å². The third-order valence-corrected chi connectivity index (χ3v) is 3.53. The first kappa shape index (κ1) is 8.34. The highest BCUT2D eigenvalue weighted by Gasteiger charge is 2.28. The van der Waals surface area contributed by atoms with Gasteiger partial charge in [0.1, 0.15) is 0 Å². The third-order valence-electron chi connectivity index (χ3n) is 3.53. The van der Waals surface area contributed by atoms with Crippen molar-refractivity contribution in [3.8, 4) is 0 Å². The maximum atomic E-state index is 2.55. The highest BCUT2D eigenvalue weighted by atomic mass is 14.3. The van der Waals surface area contributed by atoms with E-state index in [1.807, 2.05) is 0 Å². The van der Waals surface area contributed by atoms with Gasteiger partial charge in [0.15, 0.2) is 0 Å². The molecular formula is C12H20. The number of hydrogen-bond acceptors (Lipinski definition) is 0. The fraction of sp³-hybridized carbons (Fsp3) is 0.833. The second-order valence-electron chi connectivity index (χ2n) is 4.83. The maximum Gasteiger partial charge on any atom is -0.0203 e. The Morgan fingerprint density at radius 2 is 2.00 bits per heavy atom. The van der Waals surface area contributed by atoms with Crippen molar-refractivity contribution in [1.82, 2.24) is 0 Å². The first-order chi connectivity index (χ1) is 5.77. The summed E-state index contributed by atoms with van der Waals surface area (Å²) in [4.78, 5) is 0. The van der Waals surface area contributed by atoms with Crippen molar-refractivity contribution >= 4 is 0 Å². The lowest BCUT2D eigenvalue weighted by Gasteiger charge is -2.24. The van der Waals surface area contributed by atoms with Gasteiger partial charge in [-0.1, -0.05) is 25.5 Å². The minimum atomic E-state index is 0.891. The van der Waals surface area contributed by atoms with Crippen molar-refractivity contribution in [2.75, 3.05) is 0 Å². The van der Waals surface area contributed by atoms with Crippen molar-refractivity contribution in [3.63, 3.8) is 0 Å². The molecule has 0 heterocycles. The molecule has 0 N–H and O–H groups in total. The Kier molecular flexibility index (Phi) is 2.25. The molecule has 0 spiro atoms. The summed E-state index contributed by atoms with van der Waals surface area (Å²) in [5.41, 5.74) is 1.80. The molecule has 0 nitrogen and oxygen atoms in total. The Labute approximate surface area is 76.1 Å². The second-order valence-corrected chi connectivity index (χ2v) is 4.83. The van der Waals surface area contributed by atoms with Crippen LogP contribution in [0.15, 0.2) is 11.6 Å². The molecule has 0 amide bonds. The van der Waals surface area contributed by atoms with Gasteiger partial charge in [-0.2, -0.15) is 0 Å². The van der Waals surface area contributed by atoms with Gasteiger partial charge in [0, 0.05) is 0 Å². The Morgan fingerprint density at radius 1 is 1.25 bits per heavy atom. The van der Waals surface area contributed by atoms with Crippen LogP contribution in [0.5, 0.6) is 0 Å². The molecule has 1 unspecified atom stereocenters. The zero-order valence-corrected chi connectivity index (χ0v) is 8.34. The summed E-state index contributed by atoms with van der Waals surface area (Å²) in [5, 5.41) is 0. The summed E-state index contributed by atoms with van der Waals surface area (Å²) in [7, 11) is 0. The molecule has 1 atom stereocenters. The predicted octanol–water partition coefficient (Wildman–Crippen LogP) is 3.78. The van der Waals surface area contributed by atoms with E-state index in [4.69, 9.17) is 0 Å². The summed E-state index contributed by atoms with van der Waals surface area (Å²) in [6, 6.07) is 0. The lowest BCUT2D eigenvalue weighted by atomic mass is 9.81. The molecule has 0 aromatic heterocycles. The molecule has 2 aliphatic rings. The predicted molar refractivity (Wildman–Crippen MR) is 53.0 cm³/mol. The Morgan fingerprint density at radius 3 is 2.42 bits per heavy atom. The summed E-state index contributed by atoms with van der Waals surface area (Å²) in [6.45, 7) is 4.72. The van der Waals surface area contributed by atoms with E-state index in [0.29, 0.717) is 0 Å². The molecule has 12 heavy (non-hydrogen) atoms. The van der Waals surface area contributed by atoms with Crippen LogP contribution in [0, 0.1) is 17.8 Å². The van der Waals surface area contributed by atoms with E-state index in [2.05, 4.69) is 19.9 Å². The van der Waals surface area contributed by atoms with Crippen LogP contribution in [0.25, 0.3) is 0 Å². The summed E-state index contributed by atoms with van der Waals surface area (Å²) < 4.78 is 0. The molecule has 0 saturated heterocycles. The van der Waals surface area contributed by atoms with E-state index in [1.165, 1.54) is 32.1 Å². The topological polar surface area (TPSA) is 0 Å². The number of rotatable bonds is 2. The van der Waals surface area contributed by atoms with Gasteiger partial charge in [-0.25, -0.2) is 0 Å². The minimum absolute atomic E-state index is 0.891. The largest absolute Gasteiger partial charge is 0.0848 e. The first-order valence-corrected chi connectivity index (χ1v) is 5.46. The molecule has 0 heteroatoms. The van der Waals surface area contributed by atoms with Crippen molar-refractivity contribution in [3.05, 3.63) is 11.6 Å². The molecule has 0 radical (unpaired) electrons. The van der Waals surface area contributed by atoms with Crippen LogP contribution in [-0.4, -0.2) is 0 Å². The van der Waals surface area contributed by atoms with Gasteiger partial charge in [0.25, 0.3) is 0 Å². The van der Waals surface area contributed by atoms with Crippen molar-refractivity contribution in [2.24, 2.45) is 17.8 Å². The fourth-order valence-corrected chi connectivity index (χ4v) is 2.31. The highest BCUT2D eigenvalue weighted by molar-refractivity contribution is 5.15. The summed E-state index contributed by atoms with van der Waals surface area (Å²) in [5.74, 6) is 2.90. The lowest BCUT2D eigenvalue weighted by molar-refractivity contribution is 0.347. The van der Waals surface area contributed by atoms with Crippen molar-refractivity contribution in [1.29, 1.82) is 0 Å². The second kappa shape index (κ2) is 3.24. The zero-order chi connectivity index (χ0) is 8.55. The van der Waals surface area contributed by atoms with Crippen molar-refractivity contribution < 1.29 is 0 Å². The Balaban J connectivity index is 1.90. The van der Waals surface area contributed by atoms with E-state index >= 15 is 0 Å². The van der Waals surface area contributed by atoms with Gasteiger partial charge < -0.3 is 0 Å². The van der Waals surface area contributed by atoms with Crippen LogP contribution in [0.3, 0.4) is 0 Å². The normalized spacial score (nSPS) is 30.6. The number of allylic oxidation sites excluding steroid dienone is 2. The quantitative estimate of drug-likeness (QED) is 0.545. The molecule has 68 valence electrons. The molecular weight excluding hydrogens is 144 g/mol. The molecule has 1 fully saturated rings. The number of hydrogen-bond donors (Lipinski definition) is 0. The SMILES string of the molecule is CC(C)C1CC=C(C2CC2)CC1. The van der Waals surface area contributed by atoms with E-state index in [1.54, 1.807) is 5.57 Å². The van der Waals surface area contributed by atoms with E-state index in [-0.39, 0.29) is 0 Å². The average Bonchev–Trinajstić information content (AvgIpc) is 2.87. The molecule has 2 aliphatic carbocycles. The smallest absolute Gasteiger partial charge is 0.0203 e. The molecule has 1 saturated carbocycles. The standard InChI is InChI=1S/C12H20/c1-9(2)10-3-5-11(6-4-10)12-7-8-12/h5,9-10,12H,3-4,6-8H2,1-2H3. The molecule has 0 bridgehead atoms. The molecule has 2 rings (SSSR count). The van der Waals surface area contributed by atoms with E-state index in [9.17, 15) is 0 Å². The summed E-state index contributed by atoms with van der Waals surface area (Å²) >= 11 is 0.